The molecule has 0 radical (unpaired) electrons. The van der Waals surface area contributed by atoms with Gasteiger partial charge in [0.1, 0.15) is 0 Å². The maximum absolute atomic E-state index is 11.1. The molecule has 1 amide bonds. The number of carbonyl (C=O) groups is 1. The number of hydrogen-bond acceptors (Lipinski definition) is 3. The van der Waals surface area contributed by atoms with Crippen LogP contribution in [0.5, 0.6) is 0 Å². The Labute approximate surface area is 121 Å². The van der Waals surface area contributed by atoms with Gasteiger partial charge in [0, 0.05) is 23.8 Å². The molecule has 1 aromatic carbocycles. The van der Waals surface area contributed by atoms with Crippen LogP contribution in [0.2, 0.25) is 5.02 Å². The van der Waals surface area contributed by atoms with Crippen LogP contribution in [0, 0.1) is 0 Å². The Kier molecular flexibility index (Phi) is 3.46. The second-order valence-electron chi connectivity index (χ2n) is 4.97. The van der Waals surface area contributed by atoms with Gasteiger partial charge in [-0.15, -0.1) is 0 Å². The minimum atomic E-state index is -0.483. The Morgan fingerprint density at radius 3 is 2.95 bits per heavy atom. The van der Waals surface area contributed by atoms with Gasteiger partial charge >= 0.3 is 0 Å². The second-order valence-corrected chi connectivity index (χ2v) is 5.40. The van der Waals surface area contributed by atoms with E-state index in [-0.39, 0.29) is 0 Å². The summed E-state index contributed by atoms with van der Waals surface area (Å²) < 4.78 is 1.65. The number of halogens is 1. The number of carbonyl (C=O) groups excluding carboxylic acids is 1. The van der Waals surface area contributed by atoms with Crippen molar-refractivity contribution in [1.82, 2.24) is 15.1 Å². The van der Waals surface area contributed by atoms with Gasteiger partial charge in [0.05, 0.1) is 17.4 Å². The number of nitrogens with two attached hydrogens (primary N) is 1. The first-order chi connectivity index (χ1) is 9.63. The highest BCUT2D eigenvalue weighted by molar-refractivity contribution is 6.30. The van der Waals surface area contributed by atoms with Crippen molar-refractivity contribution in [2.45, 2.75) is 25.4 Å². The highest BCUT2D eigenvalue weighted by atomic mass is 35.5. The third-order valence-corrected chi connectivity index (χ3v) is 3.55. The normalized spacial score (nSPS) is 14.4. The fraction of sp³-hybridized carbons (Fsp3) is 0.286. The number of benzene rings is 1. The lowest BCUT2D eigenvalue weighted by Gasteiger charge is -2.11. The van der Waals surface area contributed by atoms with Crippen molar-refractivity contribution in [3.63, 3.8) is 0 Å². The predicted octanol–water partition coefficient (Wildman–Crippen LogP) is 1.88. The van der Waals surface area contributed by atoms with Crippen molar-refractivity contribution in [2.24, 2.45) is 5.73 Å². The van der Waals surface area contributed by atoms with Crippen molar-refractivity contribution >= 4 is 17.5 Å². The molecule has 0 bridgehead atoms. The van der Waals surface area contributed by atoms with E-state index in [0.29, 0.717) is 16.6 Å². The lowest BCUT2D eigenvalue weighted by Crippen LogP contribution is -2.17. The molecule has 1 aliphatic carbocycles. The number of rotatable bonds is 5. The van der Waals surface area contributed by atoms with Crippen LogP contribution in [0.3, 0.4) is 0 Å². The molecule has 0 unspecified atom stereocenters. The maximum Gasteiger partial charge on any atom is 0.251 e. The summed E-state index contributed by atoms with van der Waals surface area (Å²) in [6.45, 7) is 0.728. The fourth-order valence-corrected chi connectivity index (χ4v) is 2.24. The number of amides is 1. The van der Waals surface area contributed by atoms with Crippen LogP contribution in [-0.4, -0.2) is 21.7 Å². The summed E-state index contributed by atoms with van der Waals surface area (Å²) in [6, 6.07) is 6.23. The van der Waals surface area contributed by atoms with Gasteiger partial charge in [-0.3, -0.25) is 4.79 Å². The molecule has 0 spiro atoms. The molecule has 104 valence electrons. The first-order valence-corrected chi connectivity index (χ1v) is 6.88. The van der Waals surface area contributed by atoms with Crippen LogP contribution in [0.4, 0.5) is 0 Å². The zero-order chi connectivity index (χ0) is 14.1. The molecule has 3 N–H and O–H groups in total. The van der Waals surface area contributed by atoms with Gasteiger partial charge in [0.2, 0.25) is 0 Å². The molecule has 0 saturated heterocycles. The molecule has 6 heteroatoms. The number of hydrogen-bond donors (Lipinski definition) is 2. The van der Waals surface area contributed by atoms with Gasteiger partial charge in [0.15, 0.2) is 0 Å². The van der Waals surface area contributed by atoms with Crippen molar-refractivity contribution < 1.29 is 4.79 Å². The molecule has 1 aromatic heterocycles. The molecule has 2 aromatic rings. The van der Waals surface area contributed by atoms with Gasteiger partial charge in [-0.1, -0.05) is 11.6 Å². The van der Waals surface area contributed by atoms with Gasteiger partial charge < -0.3 is 11.1 Å². The quantitative estimate of drug-likeness (QED) is 0.883. The summed E-state index contributed by atoms with van der Waals surface area (Å²) in [5.74, 6) is -0.483. The second kappa shape index (κ2) is 5.26. The molecule has 1 aliphatic rings. The van der Waals surface area contributed by atoms with E-state index in [9.17, 15) is 4.79 Å². The summed E-state index contributed by atoms with van der Waals surface area (Å²) in [4.78, 5) is 11.1. The van der Waals surface area contributed by atoms with Crippen molar-refractivity contribution in [3.05, 3.63) is 46.7 Å². The smallest absolute Gasteiger partial charge is 0.251 e. The molecule has 1 fully saturated rings. The Morgan fingerprint density at radius 2 is 2.30 bits per heavy atom. The fourth-order valence-electron chi connectivity index (χ4n) is 2.04. The molecule has 3 rings (SSSR count). The van der Waals surface area contributed by atoms with E-state index in [4.69, 9.17) is 17.3 Å². The number of nitrogens with one attached hydrogen (secondary N) is 1. The molecule has 0 aliphatic heterocycles. The topological polar surface area (TPSA) is 72.9 Å². The number of aromatic nitrogens is 2. The number of primary amides is 1. The Morgan fingerprint density at radius 1 is 1.50 bits per heavy atom. The Bertz CT molecular complexity index is 648. The van der Waals surface area contributed by atoms with E-state index < -0.39 is 5.91 Å². The maximum atomic E-state index is 11.1. The van der Waals surface area contributed by atoms with E-state index in [1.807, 2.05) is 18.2 Å². The molecular formula is C14H15ClN4O. The highest BCUT2D eigenvalue weighted by Gasteiger charge is 2.20. The first kappa shape index (κ1) is 13.1. The van der Waals surface area contributed by atoms with E-state index in [0.717, 1.165) is 17.8 Å². The lowest BCUT2D eigenvalue weighted by atomic mass is 10.1. The summed E-state index contributed by atoms with van der Waals surface area (Å²) in [7, 11) is 0. The zero-order valence-electron chi connectivity index (χ0n) is 10.8. The third kappa shape index (κ3) is 2.84. The van der Waals surface area contributed by atoms with Crippen LogP contribution in [0.25, 0.3) is 5.69 Å². The van der Waals surface area contributed by atoms with Crippen LogP contribution >= 0.6 is 11.6 Å². The molecule has 1 saturated carbocycles. The van der Waals surface area contributed by atoms with Gasteiger partial charge in [-0.25, -0.2) is 4.68 Å². The molecule has 0 atom stereocenters. The largest absolute Gasteiger partial charge is 0.366 e. The highest BCUT2D eigenvalue weighted by Crippen LogP contribution is 2.23. The number of nitrogens with zero attached hydrogens (tertiary/aromatic N) is 2. The standard InChI is InChI=1S/C14H15ClN4O/c15-11-1-4-13(9(5-11)6-17-12-2-3-12)19-8-10(7-18-19)14(16)20/h1,4-5,7-8,12,17H,2-3,6H2,(H2,16,20). The van der Waals surface area contributed by atoms with Crippen LogP contribution in [0.15, 0.2) is 30.6 Å². The molecular weight excluding hydrogens is 276 g/mol. The van der Waals surface area contributed by atoms with Crippen molar-refractivity contribution in [3.8, 4) is 5.69 Å². The average molecular weight is 291 g/mol. The van der Waals surface area contributed by atoms with E-state index >= 15 is 0 Å². The molecule has 1 heterocycles. The Balaban J connectivity index is 1.91. The first-order valence-electron chi connectivity index (χ1n) is 6.50. The SMILES string of the molecule is NC(=O)c1cnn(-c2ccc(Cl)cc2CNC2CC2)c1. The molecule has 5 nitrogen and oxygen atoms in total. The van der Waals surface area contributed by atoms with Gasteiger partial charge in [-0.05, 0) is 36.6 Å². The lowest BCUT2D eigenvalue weighted by molar-refractivity contribution is 0.100. The van der Waals surface area contributed by atoms with Crippen LogP contribution < -0.4 is 11.1 Å². The summed E-state index contributed by atoms with van der Waals surface area (Å²) in [6.07, 6.45) is 5.55. The van der Waals surface area contributed by atoms with Crippen LogP contribution in [-0.2, 0) is 6.54 Å². The zero-order valence-corrected chi connectivity index (χ0v) is 11.6. The predicted molar refractivity (Wildman–Crippen MR) is 77.0 cm³/mol. The van der Waals surface area contributed by atoms with E-state index in [1.54, 1.807) is 10.9 Å². The third-order valence-electron chi connectivity index (χ3n) is 3.31. The Hall–Kier alpha value is -1.85. The average Bonchev–Trinajstić information content (AvgIpc) is 3.11. The molecule has 20 heavy (non-hydrogen) atoms. The van der Waals surface area contributed by atoms with Crippen molar-refractivity contribution in [2.75, 3.05) is 0 Å². The van der Waals surface area contributed by atoms with Crippen LogP contribution in [0.1, 0.15) is 28.8 Å². The summed E-state index contributed by atoms with van der Waals surface area (Å²) in [5.41, 5.74) is 7.58. The van der Waals surface area contributed by atoms with Gasteiger partial charge in [0.25, 0.3) is 5.91 Å². The van der Waals surface area contributed by atoms with E-state index in [1.165, 1.54) is 19.0 Å². The summed E-state index contributed by atoms with van der Waals surface area (Å²) in [5, 5.41) is 8.32. The van der Waals surface area contributed by atoms with Gasteiger partial charge in [-0.2, -0.15) is 5.10 Å². The van der Waals surface area contributed by atoms with Crippen molar-refractivity contribution in [1.29, 1.82) is 0 Å². The van der Waals surface area contributed by atoms with E-state index in [2.05, 4.69) is 10.4 Å². The summed E-state index contributed by atoms with van der Waals surface area (Å²) >= 11 is 6.06. The minimum Gasteiger partial charge on any atom is -0.366 e. The minimum absolute atomic E-state index is 0.390. The monoisotopic (exact) mass is 290 g/mol.